The van der Waals surface area contributed by atoms with Crippen molar-refractivity contribution in [2.24, 2.45) is 4.99 Å². The van der Waals surface area contributed by atoms with E-state index in [1.54, 1.807) is 13.8 Å². The van der Waals surface area contributed by atoms with Gasteiger partial charge in [-0.05, 0) is 13.8 Å². The lowest BCUT2D eigenvalue weighted by molar-refractivity contribution is 0.0435. The van der Waals surface area contributed by atoms with Gasteiger partial charge in [-0.25, -0.2) is 4.99 Å². The third kappa shape index (κ3) is 2.48. The highest BCUT2D eigenvalue weighted by molar-refractivity contribution is 5.77. The van der Waals surface area contributed by atoms with Gasteiger partial charge in [-0.3, -0.25) is 0 Å². The average Bonchev–Trinajstić information content (AvgIpc) is 2.32. The topological polar surface area (TPSA) is 41.8 Å². The van der Waals surface area contributed by atoms with E-state index in [4.69, 9.17) is 4.74 Å². The second-order valence-corrected chi connectivity index (χ2v) is 3.36. The number of nitrogens with zero attached hydrogens (tertiary/aromatic N) is 1. The smallest absolute Gasteiger partial charge is 0.183 e. The molecule has 0 aromatic carbocycles. The number of hydrogen-bond donors (Lipinski definition) is 1. The summed E-state index contributed by atoms with van der Waals surface area (Å²) in [5, 5.41) is 9.54. The summed E-state index contributed by atoms with van der Waals surface area (Å²) in [6.45, 7) is 6.02. The second-order valence-electron chi connectivity index (χ2n) is 3.36. The minimum absolute atomic E-state index is 0. The summed E-state index contributed by atoms with van der Waals surface area (Å²) in [6, 6.07) is -0.0857. The van der Waals surface area contributed by atoms with Crippen LogP contribution in [0.4, 0.5) is 0 Å². The Morgan fingerprint density at radius 3 is 2.50 bits per heavy atom. The van der Waals surface area contributed by atoms with Crippen molar-refractivity contribution in [2.45, 2.75) is 46.3 Å². The Labute approximate surface area is 74.5 Å². The molecule has 1 heterocycles. The van der Waals surface area contributed by atoms with Crippen LogP contribution in [0, 0.1) is 0 Å². The summed E-state index contributed by atoms with van der Waals surface area (Å²) >= 11 is 0. The molecular formula is C9H19NO2. The summed E-state index contributed by atoms with van der Waals surface area (Å²) < 4.78 is 5.23. The van der Waals surface area contributed by atoms with E-state index < -0.39 is 5.60 Å². The molecule has 3 heteroatoms. The monoisotopic (exact) mass is 173 g/mol. The van der Waals surface area contributed by atoms with Crippen LogP contribution >= 0.6 is 0 Å². The Balaban J connectivity index is 0.00000121. The molecule has 1 aliphatic heterocycles. The Morgan fingerprint density at radius 2 is 2.25 bits per heavy atom. The summed E-state index contributed by atoms with van der Waals surface area (Å²) in [7, 11) is 0. The molecule has 1 rings (SSSR count). The van der Waals surface area contributed by atoms with Crippen LogP contribution in [0.3, 0.4) is 0 Å². The van der Waals surface area contributed by atoms with Crippen LogP contribution in [0.1, 0.15) is 34.6 Å². The quantitative estimate of drug-likeness (QED) is 0.689. The molecule has 0 fully saturated rings. The molecule has 0 amide bonds. The lowest BCUT2D eigenvalue weighted by Gasteiger charge is -2.20. The molecule has 0 saturated carbocycles. The Hall–Kier alpha value is -0.570. The van der Waals surface area contributed by atoms with Crippen LogP contribution in [0.15, 0.2) is 4.99 Å². The summed E-state index contributed by atoms with van der Waals surface area (Å²) in [5.74, 6) is 0.761. The Bertz CT molecular complexity index is 170. The van der Waals surface area contributed by atoms with Gasteiger partial charge in [0.25, 0.3) is 0 Å². The van der Waals surface area contributed by atoms with Crippen LogP contribution in [-0.2, 0) is 4.74 Å². The van der Waals surface area contributed by atoms with E-state index in [2.05, 4.69) is 4.99 Å². The first-order valence-corrected chi connectivity index (χ1v) is 3.96. The zero-order valence-electron chi connectivity index (χ0n) is 7.29. The van der Waals surface area contributed by atoms with Crippen LogP contribution < -0.4 is 0 Å². The number of hydrogen-bond acceptors (Lipinski definition) is 3. The van der Waals surface area contributed by atoms with Crippen molar-refractivity contribution in [3.8, 4) is 0 Å². The number of aliphatic imine (C=N–C) groups is 1. The fourth-order valence-electron chi connectivity index (χ4n) is 0.979. The van der Waals surface area contributed by atoms with E-state index >= 15 is 0 Å². The normalized spacial score (nSPS) is 22.7. The fourth-order valence-corrected chi connectivity index (χ4v) is 0.979. The van der Waals surface area contributed by atoms with Crippen LogP contribution in [0.5, 0.6) is 0 Å². The Morgan fingerprint density at radius 1 is 1.67 bits per heavy atom. The van der Waals surface area contributed by atoms with Gasteiger partial charge >= 0.3 is 0 Å². The number of aliphatic hydroxyl groups is 1. The maximum absolute atomic E-state index is 9.54. The van der Waals surface area contributed by atoms with Crippen molar-refractivity contribution in [3.63, 3.8) is 0 Å². The molecular weight excluding hydrogens is 154 g/mol. The first-order chi connectivity index (χ1) is 5.04. The number of ether oxygens (including phenoxy) is 1. The van der Waals surface area contributed by atoms with Crippen molar-refractivity contribution in [2.75, 3.05) is 6.61 Å². The molecule has 1 N–H and O–H groups in total. The summed E-state index contributed by atoms with van der Waals surface area (Å²) in [5.41, 5.74) is -0.753. The predicted molar refractivity (Wildman–Crippen MR) is 50.5 cm³/mol. The van der Waals surface area contributed by atoms with Crippen molar-refractivity contribution >= 4 is 5.90 Å². The zero-order valence-corrected chi connectivity index (χ0v) is 7.29. The first-order valence-electron chi connectivity index (χ1n) is 3.96. The van der Waals surface area contributed by atoms with E-state index in [-0.39, 0.29) is 13.5 Å². The fraction of sp³-hybridized carbons (Fsp3) is 0.889. The Kier molecular flexibility index (Phi) is 3.71. The molecule has 0 aromatic rings. The van der Waals surface area contributed by atoms with E-state index in [0.717, 1.165) is 12.3 Å². The minimum Gasteiger partial charge on any atom is -0.479 e. The molecule has 1 atom stereocenters. The van der Waals surface area contributed by atoms with Crippen LogP contribution in [0.25, 0.3) is 0 Å². The highest BCUT2D eigenvalue weighted by atomic mass is 16.5. The van der Waals surface area contributed by atoms with E-state index in [1.165, 1.54) is 0 Å². The van der Waals surface area contributed by atoms with E-state index in [0.29, 0.717) is 6.61 Å². The standard InChI is InChI=1S/C8H15NO2.CH4/c1-4-7-9-6(5-11-7)8(2,3)10;/h6,10H,4-5H2,1-3H3;1H4/t6-;/m1./s1. The highest BCUT2D eigenvalue weighted by Gasteiger charge is 2.31. The lowest BCUT2D eigenvalue weighted by Crippen LogP contribution is -2.35. The molecule has 0 aromatic heterocycles. The molecule has 0 radical (unpaired) electrons. The first kappa shape index (κ1) is 11.4. The van der Waals surface area contributed by atoms with Crippen molar-refractivity contribution in [3.05, 3.63) is 0 Å². The van der Waals surface area contributed by atoms with Gasteiger partial charge in [0, 0.05) is 6.42 Å². The van der Waals surface area contributed by atoms with Gasteiger partial charge in [0.05, 0.1) is 5.60 Å². The lowest BCUT2D eigenvalue weighted by atomic mass is 10.0. The summed E-state index contributed by atoms with van der Waals surface area (Å²) in [6.07, 6.45) is 0.812. The van der Waals surface area contributed by atoms with Crippen molar-refractivity contribution < 1.29 is 9.84 Å². The molecule has 12 heavy (non-hydrogen) atoms. The molecule has 72 valence electrons. The third-order valence-electron chi connectivity index (χ3n) is 1.83. The molecule has 0 saturated heterocycles. The highest BCUT2D eigenvalue weighted by Crippen LogP contribution is 2.18. The van der Waals surface area contributed by atoms with Crippen LogP contribution in [0.2, 0.25) is 0 Å². The van der Waals surface area contributed by atoms with Gasteiger partial charge in [-0.1, -0.05) is 14.4 Å². The van der Waals surface area contributed by atoms with Gasteiger partial charge in [-0.15, -0.1) is 0 Å². The number of rotatable bonds is 2. The van der Waals surface area contributed by atoms with E-state index in [1.807, 2.05) is 6.92 Å². The molecule has 1 aliphatic rings. The molecule has 3 nitrogen and oxygen atoms in total. The van der Waals surface area contributed by atoms with Gasteiger partial charge in [0.1, 0.15) is 12.6 Å². The molecule has 0 spiro atoms. The van der Waals surface area contributed by atoms with Gasteiger partial charge < -0.3 is 9.84 Å². The van der Waals surface area contributed by atoms with Crippen LogP contribution in [-0.4, -0.2) is 29.3 Å². The third-order valence-corrected chi connectivity index (χ3v) is 1.83. The zero-order chi connectivity index (χ0) is 8.48. The second kappa shape index (κ2) is 3.90. The largest absolute Gasteiger partial charge is 0.479 e. The van der Waals surface area contributed by atoms with Crippen molar-refractivity contribution in [1.29, 1.82) is 0 Å². The van der Waals surface area contributed by atoms with Gasteiger partial charge in [0.15, 0.2) is 5.90 Å². The average molecular weight is 173 g/mol. The maximum atomic E-state index is 9.54. The molecule has 0 aliphatic carbocycles. The van der Waals surface area contributed by atoms with Gasteiger partial charge in [0.2, 0.25) is 0 Å². The molecule has 0 unspecified atom stereocenters. The van der Waals surface area contributed by atoms with E-state index in [9.17, 15) is 5.11 Å². The SMILES string of the molecule is C.CCC1=N[C@@H](C(C)(C)O)CO1. The van der Waals surface area contributed by atoms with Gasteiger partial charge in [-0.2, -0.15) is 0 Å². The maximum Gasteiger partial charge on any atom is 0.183 e. The van der Waals surface area contributed by atoms with Crippen molar-refractivity contribution in [1.82, 2.24) is 0 Å². The predicted octanol–water partition coefficient (Wildman–Crippen LogP) is 1.60. The molecule has 0 bridgehead atoms. The minimum atomic E-state index is -0.753. The summed E-state index contributed by atoms with van der Waals surface area (Å²) in [4.78, 5) is 4.22.